The Bertz CT molecular complexity index is 888. The normalized spacial score (nSPS) is 10.5. The summed E-state index contributed by atoms with van der Waals surface area (Å²) in [6.45, 7) is 4.83. The van der Waals surface area contributed by atoms with Gasteiger partial charge in [0.1, 0.15) is 0 Å². The van der Waals surface area contributed by atoms with E-state index in [4.69, 9.17) is 9.47 Å². The molecule has 0 saturated carbocycles. The summed E-state index contributed by atoms with van der Waals surface area (Å²) in [6.07, 6.45) is 1.71. The summed E-state index contributed by atoms with van der Waals surface area (Å²) in [5.74, 6) is 0.975. The first-order chi connectivity index (χ1) is 12.2. The van der Waals surface area contributed by atoms with E-state index >= 15 is 0 Å². The van der Waals surface area contributed by atoms with Crippen molar-refractivity contribution in [3.8, 4) is 11.5 Å². The van der Waals surface area contributed by atoms with E-state index in [2.05, 4.69) is 10.3 Å². The fourth-order valence-electron chi connectivity index (χ4n) is 2.59. The highest BCUT2D eigenvalue weighted by Gasteiger charge is 2.13. The molecule has 0 aliphatic heterocycles. The lowest BCUT2D eigenvalue weighted by molar-refractivity contribution is 0.102. The highest BCUT2D eigenvalue weighted by atomic mass is 16.5. The van der Waals surface area contributed by atoms with Crippen LogP contribution in [0.25, 0.3) is 10.9 Å². The number of carbonyl (C=O) groups excluding carboxylic acids is 1. The van der Waals surface area contributed by atoms with Crippen LogP contribution in [0.15, 0.2) is 54.7 Å². The van der Waals surface area contributed by atoms with Crippen LogP contribution in [0.2, 0.25) is 0 Å². The number of hydrogen-bond donors (Lipinski definition) is 1. The second-order valence-electron chi connectivity index (χ2n) is 5.36. The molecule has 1 N–H and O–H groups in total. The molecule has 0 unspecified atom stereocenters. The molecule has 1 heterocycles. The summed E-state index contributed by atoms with van der Waals surface area (Å²) in [7, 11) is 0. The zero-order valence-corrected chi connectivity index (χ0v) is 14.3. The molecule has 1 aromatic heterocycles. The van der Waals surface area contributed by atoms with Gasteiger partial charge in [0.05, 0.1) is 24.4 Å². The van der Waals surface area contributed by atoms with E-state index in [9.17, 15) is 4.79 Å². The first-order valence-electron chi connectivity index (χ1n) is 8.27. The van der Waals surface area contributed by atoms with E-state index in [0.29, 0.717) is 36.0 Å². The third kappa shape index (κ3) is 3.71. The fraction of sp³-hybridized carbons (Fsp3) is 0.200. The number of carbonyl (C=O) groups is 1. The summed E-state index contributed by atoms with van der Waals surface area (Å²) in [5.41, 5.74) is 1.93. The molecule has 25 heavy (non-hydrogen) atoms. The predicted octanol–water partition coefficient (Wildman–Crippen LogP) is 4.28. The van der Waals surface area contributed by atoms with Crippen molar-refractivity contribution >= 4 is 22.5 Å². The SMILES string of the molecule is CCOc1ccc(C(=O)Nc2cccc3cccnc23)cc1OCC. The quantitative estimate of drug-likeness (QED) is 0.730. The highest BCUT2D eigenvalue weighted by Crippen LogP contribution is 2.29. The summed E-state index contributed by atoms with van der Waals surface area (Å²) in [4.78, 5) is 17.0. The van der Waals surface area contributed by atoms with Crippen molar-refractivity contribution in [2.75, 3.05) is 18.5 Å². The molecular weight excluding hydrogens is 316 g/mol. The minimum Gasteiger partial charge on any atom is -0.490 e. The highest BCUT2D eigenvalue weighted by molar-refractivity contribution is 6.08. The maximum Gasteiger partial charge on any atom is 0.255 e. The molecular formula is C20H20N2O3. The molecule has 0 fully saturated rings. The Balaban J connectivity index is 1.89. The lowest BCUT2D eigenvalue weighted by atomic mass is 10.1. The van der Waals surface area contributed by atoms with Gasteiger partial charge in [-0.05, 0) is 44.2 Å². The second kappa shape index (κ2) is 7.66. The largest absolute Gasteiger partial charge is 0.490 e. The van der Waals surface area contributed by atoms with Gasteiger partial charge < -0.3 is 14.8 Å². The minimum absolute atomic E-state index is 0.220. The maximum atomic E-state index is 12.6. The number of anilines is 1. The summed E-state index contributed by atoms with van der Waals surface area (Å²) >= 11 is 0. The van der Waals surface area contributed by atoms with Crippen LogP contribution in [0.1, 0.15) is 24.2 Å². The van der Waals surface area contributed by atoms with E-state index < -0.39 is 0 Å². The van der Waals surface area contributed by atoms with Crippen LogP contribution in [0, 0.1) is 0 Å². The van der Waals surface area contributed by atoms with Gasteiger partial charge in [-0.2, -0.15) is 0 Å². The Kier molecular flexibility index (Phi) is 5.14. The first-order valence-corrected chi connectivity index (χ1v) is 8.27. The zero-order valence-electron chi connectivity index (χ0n) is 14.3. The smallest absolute Gasteiger partial charge is 0.255 e. The van der Waals surface area contributed by atoms with Crippen molar-refractivity contribution in [1.29, 1.82) is 0 Å². The van der Waals surface area contributed by atoms with Gasteiger partial charge in [-0.25, -0.2) is 0 Å². The number of nitrogens with one attached hydrogen (secondary N) is 1. The van der Waals surface area contributed by atoms with Crippen molar-refractivity contribution < 1.29 is 14.3 Å². The number of amides is 1. The van der Waals surface area contributed by atoms with E-state index in [1.165, 1.54) is 0 Å². The molecule has 0 aliphatic carbocycles. The minimum atomic E-state index is -0.220. The molecule has 2 aromatic carbocycles. The second-order valence-corrected chi connectivity index (χ2v) is 5.36. The number of aromatic nitrogens is 1. The lowest BCUT2D eigenvalue weighted by Crippen LogP contribution is -2.13. The third-order valence-electron chi connectivity index (χ3n) is 3.69. The average Bonchev–Trinajstić information content (AvgIpc) is 2.64. The average molecular weight is 336 g/mol. The Morgan fingerprint density at radius 2 is 1.76 bits per heavy atom. The van der Waals surface area contributed by atoms with Crippen molar-refractivity contribution in [1.82, 2.24) is 4.98 Å². The molecule has 5 heteroatoms. The van der Waals surface area contributed by atoms with Crippen molar-refractivity contribution in [2.45, 2.75) is 13.8 Å². The van der Waals surface area contributed by atoms with E-state index in [1.54, 1.807) is 24.4 Å². The Labute approximate surface area is 146 Å². The molecule has 3 aromatic rings. The number of ether oxygens (including phenoxy) is 2. The van der Waals surface area contributed by atoms with Crippen LogP contribution in [0.4, 0.5) is 5.69 Å². The third-order valence-corrected chi connectivity index (χ3v) is 3.69. The number of fused-ring (bicyclic) bond motifs is 1. The molecule has 0 aliphatic rings. The van der Waals surface area contributed by atoms with E-state index in [1.807, 2.05) is 44.2 Å². The molecule has 5 nitrogen and oxygen atoms in total. The first kappa shape index (κ1) is 16.8. The van der Waals surface area contributed by atoms with Gasteiger partial charge in [0.25, 0.3) is 5.91 Å². The number of rotatable bonds is 6. The number of para-hydroxylation sites is 1. The van der Waals surface area contributed by atoms with Gasteiger partial charge >= 0.3 is 0 Å². The van der Waals surface area contributed by atoms with Crippen LogP contribution >= 0.6 is 0 Å². The number of nitrogens with zero attached hydrogens (tertiary/aromatic N) is 1. The maximum absolute atomic E-state index is 12.6. The summed E-state index contributed by atoms with van der Waals surface area (Å²) in [6, 6.07) is 14.7. The van der Waals surface area contributed by atoms with Gasteiger partial charge in [0.2, 0.25) is 0 Å². The zero-order chi connectivity index (χ0) is 17.6. The molecule has 3 rings (SSSR count). The van der Waals surface area contributed by atoms with Gasteiger partial charge in [-0.1, -0.05) is 18.2 Å². The van der Waals surface area contributed by atoms with E-state index in [0.717, 1.165) is 10.9 Å². The van der Waals surface area contributed by atoms with Crippen LogP contribution in [-0.2, 0) is 0 Å². The predicted molar refractivity (Wildman–Crippen MR) is 98.5 cm³/mol. The van der Waals surface area contributed by atoms with Gasteiger partial charge in [-0.3, -0.25) is 9.78 Å². The van der Waals surface area contributed by atoms with Gasteiger partial charge in [0.15, 0.2) is 11.5 Å². The summed E-state index contributed by atoms with van der Waals surface area (Å²) < 4.78 is 11.1. The molecule has 1 amide bonds. The van der Waals surface area contributed by atoms with Crippen LogP contribution < -0.4 is 14.8 Å². The van der Waals surface area contributed by atoms with Gasteiger partial charge in [-0.15, -0.1) is 0 Å². The fourth-order valence-corrected chi connectivity index (χ4v) is 2.59. The topological polar surface area (TPSA) is 60.5 Å². The summed E-state index contributed by atoms with van der Waals surface area (Å²) in [5, 5.41) is 3.90. The molecule has 0 bridgehead atoms. The Morgan fingerprint density at radius 1 is 1.00 bits per heavy atom. The molecule has 0 saturated heterocycles. The Hall–Kier alpha value is -3.08. The molecule has 0 atom stereocenters. The van der Waals surface area contributed by atoms with Crippen molar-refractivity contribution in [2.24, 2.45) is 0 Å². The monoisotopic (exact) mass is 336 g/mol. The number of benzene rings is 2. The van der Waals surface area contributed by atoms with E-state index in [-0.39, 0.29) is 5.91 Å². The Morgan fingerprint density at radius 3 is 2.56 bits per heavy atom. The molecule has 0 radical (unpaired) electrons. The van der Waals surface area contributed by atoms with Crippen LogP contribution in [0.5, 0.6) is 11.5 Å². The van der Waals surface area contributed by atoms with Crippen LogP contribution in [-0.4, -0.2) is 24.1 Å². The lowest BCUT2D eigenvalue weighted by Gasteiger charge is -2.13. The standard InChI is InChI=1S/C20H20N2O3/c1-3-24-17-11-10-15(13-18(17)25-4-2)20(23)22-16-9-5-7-14-8-6-12-21-19(14)16/h5-13H,3-4H2,1-2H3,(H,22,23). The van der Waals surface area contributed by atoms with Crippen molar-refractivity contribution in [3.05, 3.63) is 60.3 Å². The van der Waals surface area contributed by atoms with Crippen molar-refractivity contribution in [3.63, 3.8) is 0 Å². The number of pyridine rings is 1. The molecule has 0 spiro atoms. The van der Waals surface area contributed by atoms with Gasteiger partial charge in [0, 0.05) is 17.1 Å². The molecule has 128 valence electrons. The van der Waals surface area contributed by atoms with Crippen LogP contribution in [0.3, 0.4) is 0 Å². The number of hydrogen-bond acceptors (Lipinski definition) is 4.